The Bertz CT molecular complexity index is 795. The molecule has 0 saturated carbocycles. The van der Waals surface area contributed by atoms with Crippen LogP contribution < -0.4 is 0 Å². The lowest BCUT2D eigenvalue weighted by atomic mass is 10.2. The quantitative estimate of drug-likeness (QED) is 0.635. The van der Waals surface area contributed by atoms with Crippen molar-refractivity contribution in [2.24, 2.45) is 0 Å². The van der Waals surface area contributed by atoms with Crippen molar-refractivity contribution in [3.8, 4) is 11.4 Å². The number of nitrogens with zero attached hydrogens (tertiary/aromatic N) is 2. The van der Waals surface area contributed by atoms with Crippen LogP contribution in [0.5, 0.6) is 0 Å². The van der Waals surface area contributed by atoms with Crippen LogP contribution in [0.1, 0.15) is 20.4 Å². The van der Waals surface area contributed by atoms with Gasteiger partial charge >= 0.3 is 5.97 Å². The molecular formula is C15H11BrN2O3S. The van der Waals surface area contributed by atoms with Crippen LogP contribution in [0.3, 0.4) is 0 Å². The van der Waals surface area contributed by atoms with Gasteiger partial charge in [0.25, 0.3) is 5.89 Å². The molecule has 0 bridgehead atoms. The minimum absolute atomic E-state index is 0.0424. The number of ether oxygens (including phenoxy) is 1. The number of carbonyl (C=O) groups is 1. The van der Waals surface area contributed by atoms with Crippen LogP contribution in [0.15, 0.2) is 45.4 Å². The van der Waals surface area contributed by atoms with Gasteiger partial charge in [-0.25, -0.2) is 4.79 Å². The normalized spacial score (nSPS) is 10.6. The fourth-order valence-corrected chi connectivity index (χ4v) is 2.80. The van der Waals surface area contributed by atoms with E-state index in [1.165, 1.54) is 11.3 Å². The molecule has 0 unspecified atom stereocenters. The number of hydrogen-bond donors (Lipinski definition) is 0. The van der Waals surface area contributed by atoms with E-state index >= 15 is 0 Å². The highest BCUT2D eigenvalue weighted by atomic mass is 79.9. The number of rotatable bonds is 4. The van der Waals surface area contributed by atoms with E-state index in [0.717, 1.165) is 14.9 Å². The zero-order chi connectivity index (χ0) is 15.5. The fourth-order valence-electron chi connectivity index (χ4n) is 1.77. The summed E-state index contributed by atoms with van der Waals surface area (Å²) in [5.41, 5.74) is 0.832. The largest absolute Gasteiger partial charge is 0.451 e. The van der Waals surface area contributed by atoms with E-state index in [9.17, 15) is 4.79 Å². The van der Waals surface area contributed by atoms with Gasteiger partial charge < -0.3 is 9.26 Å². The predicted octanol–water partition coefficient (Wildman–Crippen LogP) is 4.23. The first-order chi connectivity index (χ1) is 10.6. The van der Waals surface area contributed by atoms with Crippen molar-refractivity contribution in [1.82, 2.24) is 10.1 Å². The third-order valence-corrected chi connectivity index (χ3v) is 4.35. The molecule has 7 heteroatoms. The average Bonchev–Trinajstić information content (AvgIpc) is 3.15. The molecule has 3 aromatic rings. The summed E-state index contributed by atoms with van der Waals surface area (Å²) in [5.74, 6) is 0.339. The van der Waals surface area contributed by atoms with Crippen LogP contribution in [0.2, 0.25) is 0 Å². The van der Waals surface area contributed by atoms with Crippen molar-refractivity contribution in [2.45, 2.75) is 13.5 Å². The Kier molecular flexibility index (Phi) is 4.35. The molecule has 112 valence electrons. The number of hydrogen-bond acceptors (Lipinski definition) is 6. The molecule has 0 amide bonds. The van der Waals surface area contributed by atoms with Crippen LogP contribution in [0.4, 0.5) is 0 Å². The molecule has 0 spiro atoms. The van der Waals surface area contributed by atoms with Gasteiger partial charge in [-0.3, -0.25) is 0 Å². The molecule has 2 heterocycles. The maximum Gasteiger partial charge on any atom is 0.348 e. The topological polar surface area (TPSA) is 65.2 Å². The second-order valence-corrected chi connectivity index (χ2v) is 6.71. The summed E-state index contributed by atoms with van der Waals surface area (Å²) in [4.78, 5) is 17.7. The van der Waals surface area contributed by atoms with Gasteiger partial charge in [0.05, 0.1) is 0 Å². The van der Waals surface area contributed by atoms with Gasteiger partial charge in [-0.2, -0.15) is 4.98 Å². The van der Waals surface area contributed by atoms with E-state index < -0.39 is 0 Å². The Labute approximate surface area is 139 Å². The molecule has 0 N–H and O–H groups in total. The molecule has 0 radical (unpaired) electrons. The second kappa shape index (κ2) is 6.41. The summed E-state index contributed by atoms with van der Waals surface area (Å²) < 4.78 is 11.2. The van der Waals surface area contributed by atoms with E-state index in [1.54, 1.807) is 6.07 Å². The summed E-state index contributed by atoms with van der Waals surface area (Å²) in [6, 6.07) is 11.1. The molecule has 0 aliphatic carbocycles. The van der Waals surface area contributed by atoms with Crippen LogP contribution in [-0.2, 0) is 11.3 Å². The van der Waals surface area contributed by atoms with Crippen LogP contribution in [-0.4, -0.2) is 16.1 Å². The van der Waals surface area contributed by atoms with E-state index in [0.29, 0.717) is 10.7 Å². The van der Waals surface area contributed by atoms with E-state index in [2.05, 4.69) is 26.1 Å². The molecule has 1 aromatic carbocycles. The Hall–Kier alpha value is -1.99. The minimum Gasteiger partial charge on any atom is -0.451 e. The number of halogens is 1. The van der Waals surface area contributed by atoms with Gasteiger partial charge in [-0.15, -0.1) is 11.3 Å². The summed E-state index contributed by atoms with van der Waals surface area (Å²) >= 11 is 4.76. The Morgan fingerprint density at radius 2 is 2.05 bits per heavy atom. The number of benzene rings is 1. The number of carbonyl (C=O) groups excluding carboxylic acids is 1. The summed E-state index contributed by atoms with van der Waals surface area (Å²) in [6.45, 7) is 1.89. The summed E-state index contributed by atoms with van der Waals surface area (Å²) in [5, 5.41) is 3.88. The van der Waals surface area contributed by atoms with Gasteiger partial charge in [-0.1, -0.05) is 21.1 Å². The number of esters is 1. The molecule has 22 heavy (non-hydrogen) atoms. The second-order valence-electron chi connectivity index (χ2n) is 4.51. The molecule has 0 saturated heterocycles. The maximum absolute atomic E-state index is 11.8. The Morgan fingerprint density at radius 3 is 2.73 bits per heavy atom. The fraction of sp³-hybridized carbons (Fsp3) is 0.133. The van der Waals surface area contributed by atoms with E-state index in [4.69, 9.17) is 9.26 Å². The smallest absolute Gasteiger partial charge is 0.348 e. The van der Waals surface area contributed by atoms with Gasteiger partial charge in [0.1, 0.15) is 4.88 Å². The zero-order valence-corrected chi connectivity index (χ0v) is 14.0. The first-order valence-corrected chi connectivity index (χ1v) is 8.05. The lowest BCUT2D eigenvalue weighted by Crippen LogP contribution is -2.03. The maximum atomic E-state index is 11.8. The van der Waals surface area contributed by atoms with Crippen molar-refractivity contribution in [3.63, 3.8) is 0 Å². The average molecular weight is 379 g/mol. The first-order valence-electron chi connectivity index (χ1n) is 6.44. The van der Waals surface area contributed by atoms with Crippen LogP contribution in [0, 0.1) is 6.92 Å². The lowest BCUT2D eigenvalue weighted by Gasteiger charge is -1.98. The van der Waals surface area contributed by atoms with Gasteiger partial charge in [-0.05, 0) is 43.3 Å². The lowest BCUT2D eigenvalue weighted by molar-refractivity contribution is 0.0435. The third-order valence-electron chi connectivity index (χ3n) is 2.84. The van der Waals surface area contributed by atoms with Crippen molar-refractivity contribution in [1.29, 1.82) is 0 Å². The summed E-state index contributed by atoms with van der Waals surface area (Å²) in [7, 11) is 0. The van der Waals surface area contributed by atoms with Crippen LogP contribution in [0.25, 0.3) is 11.4 Å². The third kappa shape index (κ3) is 3.42. The summed E-state index contributed by atoms with van der Waals surface area (Å²) in [6.07, 6.45) is 0. The van der Waals surface area contributed by atoms with Crippen LogP contribution >= 0.6 is 27.3 Å². The van der Waals surface area contributed by atoms with E-state index in [-0.39, 0.29) is 18.5 Å². The van der Waals surface area contributed by atoms with E-state index in [1.807, 2.05) is 37.3 Å². The van der Waals surface area contributed by atoms with Crippen molar-refractivity contribution < 1.29 is 14.1 Å². The minimum atomic E-state index is -0.388. The number of aromatic nitrogens is 2. The molecule has 3 rings (SSSR count). The molecular weight excluding hydrogens is 368 g/mol. The number of aryl methyl sites for hydroxylation is 1. The van der Waals surface area contributed by atoms with Gasteiger partial charge in [0.15, 0.2) is 6.61 Å². The highest BCUT2D eigenvalue weighted by Crippen LogP contribution is 2.20. The first kappa shape index (κ1) is 14.9. The highest BCUT2D eigenvalue weighted by molar-refractivity contribution is 9.10. The zero-order valence-electron chi connectivity index (χ0n) is 11.6. The van der Waals surface area contributed by atoms with Crippen molar-refractivity contribution in [3.05, 3.63) is 56.5 Å². The monoisotopic (exact) mass is 378 g/mol. The Morgan fingerprint density at radius 1 is 1.27 bits per heavy atom. The Balaban J connectivity index is 1.64. The molecule has 5 nitrogen and oxygen atoms in total. The predicted molar refractivity (Wildman–Crippen MR) is 85.6 cm³/mol. The molecule has 0 aliphatic heterocycles. The molecule has 0 fully saturated rings. The molecule has 0 aliphatic rings. The van der Waals surface area contributed by atoms with Crippen molar-refractivity contribution >= 4 is 33.2 Å². The molecule has 0 atom stereocenters. The SMILES string of the molecule is Cc1ccc(C(=O)OCc2nc(-c3ccc(Br)cc3)no2)s1. The highest BCUT2D eigenvalue weighted by Gasteiger charge is 2.13. The van der Waals surface area contributed by atoms with Gasteiger partial charge in [0.2, 0.25) is 5.82 Å². The van der Waals surface area contributed by atoms with Gasteiger partial charge in [0, 0.05) is 14.9 Å². The standard InChI is InChI=1S/C15H11BrN2O3S/c1-9-2-7-12(22-9)15(19)20-8-13-17-14(18-21-13)10-3-5-11(16)6-4-10/h2-7H,8H2,1H3. The van der Waals surface area contributed by atoms with Crippen molar-refractivity contribution in [2.75, 3.05) is 0 Å². The number of thiophene rings is 1. The molecule has 2 aromatic heterocycles.